The van der Waals surface area contributed by atoms with Crippen molar-refractivity contribution in [2.45, 2.75) is 29.4 Å². The lowest BCUT2D eigenvalue weighted by atomic mass is 10.1. The van der Waals surface area contributed by atoms with Gasteiger partial charge >= 0.3 is 0 Å². The van der Waals surface area contributed by atoms with Crippen LogP contribution in [0, 0.1) is 0 Å². The van der Waals surface area contributed by atoms with Crippen molar-refractivity contribution in [2.24, 2.45) is 0 Å². The van der Waals surface area contributed by atoms with E-state index in [1.165, 1.54) is 23.8 Å². The fraction of sp³-hybridized carbons (Fsp3) is 0.375. The maximum Gasteiger partial charge on any atom is 0.250 e. The fourth-order valence-corrected chi connectivity index (χ4v) is 5.24. The minimum atomic E-state index is -0.888. The highest BCUT2D eigenvalue weighted by molar-refractivity contribution is 8.01. The first-order chi connectivity index (χ1) is 16.0. The molecule has 2 aromatic carbocycles. The Morgan fingerprint density at radius 3 is 2.55 bits per heavy atom. The van der Waals surface area contributed by atoms with Crippen LogP contribution >= 0.6 is 11.8 Å². The third kappa shape index (κ3) is 4.93. The van der Waals surface area contributed by atoms with E-state index in [4.69, 9.17) is 9.47 Å². The van der Waals surface area contributed by atoms with Crippen molar-refractivity contribution in [3.05, 3.63) is 42.5 Å². The molecule has 1 saturated heterocycles. The summed E-state index contributed by atoms with van der Waals surface area (Å²) in [5.74, 6) is 0.105. The van der Waals surface area contributed by atoms with E-state index in [1.807, 2.05) is 18.2 Å². The number of rotatable bonds is 6. The van der Waals surface area contributed by atoms with Crippen LogP contribution in [0.25, 0.3) is 0 Å². The maximum atomic E-state index is 13.4. The van der Waals surface area contributed by atoms with Gasteiger partial charge < -0.3 is 24.6 Å². The zero-order valence-corrected chi connectivity index (χ0v) is 19.5. The number of anilines is 2. The first-order valence-electron chi connectivity index (χ1n) is 10.9. The second-order valence-corrected chi connectivity index (χ2v) is 9.04. The van der Waals surface area contributed by atoms with E-state index in [0.29, 0.717) is 36.0 Å². The first kappa shape index (κ1) is 23.0. The molecule has 1 fully saturated rings. The molecular formula is C24H27N3O5S. The van der Waals surface area contributed by atoms with Gasteiger partial charge in [0.25, 0.3) is 5.91 Å². The third-order valence-electron chi connectivity index (χ3n) is 5.77. The highest BCUT2D eigenvalue weighted by Crippen LogP contribution is 2.40. The Balaban J connectivity index is 1.55. The number of nitrogens with one attached hydrogen (secondary N) is 1. The van der Waals surface area contributed by atoms with E-state index in [0.717, 1.165) is 24.2 Å². The summed E-state index contributed by atoms with van der Waals surface area (Å²) in [6.07, 6.45) is 2.99. The van der Waals surface area contributed by atoms with Crippen molar-refractivity contribution in [1.29, 1.82) is 0 Å². The Bertz CT molecular complexity index is 1050. The van der Waals surface area contributed by atoms with Gasteiger partial charge in [0.1, 0.15) is 18.0 Å². The summed E-state index contributed by atoms with van der Waals surface area (Å²) in [5.41, 5.74) is 1.10. The van der Waals surface area contributed by atoms with Crippen LogP contribution in [0.2, 0.25) is 0 Å². The van der Waals surface area contributed by atoms with Crippen LogP contribution in [0.5, 0.6) is 11.5 Å². The second kappa shape index (κ2) is 10.2. The fourth-order valence-electron chi connectivity index (χ4n) is 4.05. The van der Waals surface area contributed by atoms with Crippen LogP contribution in [0.15, 0.2) is 47.4 Å². The van der Waals surface area contributed by atoms with Crippen molar-refractivity contribution in [1.82, 2.24) is 4.90 Å². The molecule has 4 rings (SSSR count). The summed E-state index contributed by atoms with van der Waals surface area (Å²) >= 11 is 1.26. The van der Waals surface area contributed by atoms with Gasteiger partial charge in [0.05, 0.1) is 25.6 Å². The van der Waals surface area contributed by atoms with Gasteiger partial charge in [0, 0.05) is 24.1 Å². The van der Waals surface area contributed by atoms with Gasteiger partial charge in [-0.15, -0.1) is 11.8 Å². The Labute approximate surface area is 197 Å². The van der Waals surface area contributed by atoms with Crippen molar-refractivity contribution in [3.63, 3.8) is 0 Å². The van der Waals surface area contributed by atoms with E-state index < -0.39 is 11.2 Å². The second-order valence-electron chi connectivity index (χ2n) is 7.89. The molecule has 0 aliphatic carbocycles. The number of benzene rings is 2. The quantitative estimate of drug-likeness (QED) is 0.654. The van der Waals surface area contributed by atoms with E-state index in [1.54, 1.807) is 36.3 Å². The molecule has 3 amide bonds. The monoisotopic (exact) mass is 469 g/mol. The summed E-state index contributed by atoms with van der Waals surface area (Å²) in [7, 11) is 3.05. The van der Waals surface area contributed by atoms with E-state index in [-0.39, 0.29) is 18.4 Å². The highest BCUT2D eigenvalue weighted by Gasteiger charge is 2.41. The van der Waals surface area contributed by atoms with E-state index in [2.05, 4.69) is 5.32 Å². The maximum absolute atomic E-state index is 13.4. The average Bonchev–Trinajstić information content (AvgIpc) is 2.86. The Morgan fingerprint density at radius 2 is 1.82 bits per heavy atom. The predicted octanol–water partition coefficient (Wildman–Crippen LogP) is 3.16. The van der Waals surface area contributed by atoms with Crippen molar-refractivity contribution in [3.8, 4) is 11.5 Å². The summed E-state index contributed by atoms with van der Waals surface area (Å²) in [5, 5.41) is 1.92. The minimum Gasteiger partial charge on any atom is -0.497 e. The number of amides is 3. The smallest absolute Gasteiger partial charge is 0.250 e. The molecule has 1 unspecified atom stereocenters. The Morgan fingerprint density at radius 1 is 1.06 bits per heavy atom. The summed E-state index contributed by atoms with van der Waals surface area (Å²) in [4.78, 5) is 43.5. The molecule has 9 heteroatoms. The number of carbonyl (C=O) groups excluding carboxylic acids is 3. The molecule has 2 aliphatic heterocycles. The third-order valence-corrected chi connectivity index (χ3v) is 7.01. The topological polar surface area (TPSA) is 88.2 Å². The van der Waals surface area contributed by atoms with Gasteiger partial charge in [-0.3, -0.25) is 14.4 Å². The molecule has 33 heavy (non-hydrogen) atoms. The van der Waals surface area contributed by atoms with Gasteiger partial charge in [-0.2, -0.15) is 0 Å². The molecular weight excluding hydrogens is 442 g/mol. The van der Waals surface area contributed by atoms with Crippen molar-refractivity contribution in [2.75, 3.05) is 44.1 Å². The lowest BCUT2D eigenvalue weighted by Gasteiger charge is -2.36. The molecule has 0 bridgehead atoms. The van der Waals surface area contributed by atoms with Crippen LogP contribution in [-0.2, 0) is 14.4 Å². The number of methoxy groups -OCH3 is 2. The molecule has 0 spiro atoms. The van der Waals surface area contributed by atoms with Crippen LogP contribution in [0.4, 0.5) is 11.4 Å². The number of nitrogens with zero attached hydrogens (tertiary/aromatic N) is 2. The number of thioether (sulfide) groups is 1. The normalized spacial score (nSPS) is 17.9. The van der Waals surface area contributed by atoms with Gasteiger partial charge in [0.15, 0.2) is 5.25 Å². The Hall–Kier alpha value is -3.20. The van der Waals surface area contributed by atoms with E-state index >= 15 is 0 Å². The minimum absolute atomic E-state index is 0.179. The zero-order chi connectivity index (χ0) is 23.4. The highest BCUT2D eigenvalue weighted by atomic mass is 32.2. The number of piperidine rings is 1. The molecule has 2 heterocycles. The first-order valence-corrected chi connectivity index (χ1v) is 11.8. The lowest BCUT2D eigenvalue weighted by Crippen LogP contribution is -2.52. The number of fused-ring (bicyclic) bond motifs is 1. The molecule has 0 radical (unpaired) electrons. The van der Waals surface area contributed by atoms with E-state index in [9.17, 15) is 14.4 Å². The average molecular weight is 470 g/mol. The molecule has 1 N–H and O–H groups in total. The molecule has 174 valence electrons. The van der Waals surface area contributed by atoms with Crippen LogP contribution < -0.4 is 19.7 Å². The molecule has 1 atom stereocenters. The standard InChI is InChI=1S/C24H27N3O5S/c1-31-16-10-11-17(19(14-16)32-2)25-21(28)15-27-18-8-4-5-9-20(18)33-22(24(27)30)23(29)26-12-6-3-7-13-26/h4-5,8-11,14,22H,3,6-7,12-13,15H2,1-2H3,(H,25,28). The summed E-state index contributed by atoms with van der Waals surface area (Å²) in [6.45, 7) is 1.13. The van der Waals surface area contributed by atoms with Crippen LogP contribution in [0.3, 0.4) is 0 Å². The number of hydrogen-bond donors (Lipinski definition) is 1. The van der Waals surface area contributed by atoms with Gasteiger partial charge in [-0.1, -0.05) is 12.1 Å². The van der Waals surface area contributed by atoms with Crippen molar-refractivity contribution >= 4 is 40.9 Å². The lowest BCUT2D eigenvalue weighted by molar-refractivity contribution is -0.135. The van der Waals surface area contributed by atoms with Gasteiger partial charge in [0.2, 0.25) is 11.8 Å². The summed E-state index contributed by atoms with van der Waals surface area (Å²) < 4.78 is 10.5. The number of likely N-dealkylation sites (tertiary alicyclic amines) is 1. The molecule has 0 aromatic heterocycles. The van der Waals surface area contributed by atoms with Gasteiger partial charge in [-0.05, 0) is 43.5 Å². The van der Waals surface area contributed by atoms with Crippen LogP contribution in [0.1, 0.15) is 19.3 Å². The molecule has 2 aromatic rings. The molecule has 8 nitrogen and oxygen atoms in total. The zero-order valence-electron chi connectivity index (χ0n) is 18.7. The number of carbonyl (C=O) groups is 3. The predicted molar refractivity (Wildman–Crippen MR) is 127 cm³/mol. The Kier molecular flexibility index (Phi) is 7.08. The van der Waals surface area contributed by atoms with Gasteiger partial charge in [-0.25, -0.2) is 0 Å². The number of para-hydroxylation sites is 1. The largest absolute Gasteiger partial charge is 0.497 e. The molecule has 2 aliphatic rings. The SMILES string of the molecule is COc1ccc(NC(=O)CN2C(=O)C(C(=O)N3CCCCC3)Sc3ccccc32)c(OC)c1. The summed E-state index contributed by atoms with van der Waals surface area (Å²) in [6, 6.07) is 12.4. The van der Waals surface area contributed by atoms with Crippen molar-refractivity contribution < 1.29 is 23.9 Å². The molecule has 0 saturated carbocycles. The van der Waals surface area contributed by atoms with Crippen LogP contribution in [-0.4, -0.2) is 61.7 Å². The number of ether oxygens (including phenoxy) is 2. The number of hydrogen-bond acceptors (Lipinski definition) is 6.